The van der Waals surface area contributed by atoms with Gasteiger partial charge in [-0.05, 0) is 25.3 Å². The molecule has 82 valence electrons. The summed E-state index contributed by atoms with van der Waals surface area (Å²) in [4.78, 5) is 0. The van der Waals surface area contributed by atoms with Crippen molar-refractivity contribution in [2.24, 2.45) is 5.73 Å². The molecule has 1 aliphatic rings. The highest BCUT2D eigenvalue weighted by molar-refractivity contribution is 5.31. The van der Waals surface area contributed by atoms with Crippen LogP contribution in [-0.4, -0.2) is 19.1 Å². The second kappa shape index (κ2) is 4.33. The lowest BCUT2D eigenvalue weighted by Crippen LogP contribution is -2.38. The lowest BCUT2D eigenvalue weighted by atomic mass is 9.96. The van der Waals surface area contributed by atoms with E-state index >= 15 is 0 Å². The molecule has 1 unspecified atom stereocenters. The third-order valence-corrected chi connectivity index (χ3v) is 3.38. The molecule has 0 spiro atoms. The third-order valence-electron chi connectivity index (χ3n) is 3.38. The fourth-order valence-corrected chi connectivity index (χ4v) is 1.96. The van der Waals surface area contributed by atoms with Gasteiger partial charge in [0.2, 0.25) is 0 Å². The fourth-order valence-electron chi connectivity index (χ4n) is 1.96. The molecular weight excluding hydrogens is 184 g/mol. The SMILES string of the molecule is CC(CN)NCC1(c2ccccc2)CC1. The van der Waals surface area contributed by atoms with Gasteiger partial charge in [0, 0.05) is 24.5 Å². The zero-order valence-corrected chi connectivity index (χ0v) is 9.37. The van der Waals surface area contributed by atoms with Gasteiger partial charge in [0.15, 0.2) is 0 Å². The molecule has 0 saturated heterocycles. The van der Waals surface area contributed by atoms with Gasteiger partial charge in [-0.1, -0.05) is 30.3 Å². The molecule has 1 aromatic rings. The van der Waals surface area contributed by atoms with Crippen molar-refractivity contribution in [2.75, 3.05) is 13.1 Å². The van der Waals surface area contributed by atoms with Gasteiger partial charge < -0.3 is 11.1 Å². The lowest BCUT2D eigenvalue weighted by Gasteiger charge is -2.19. The minimum Gasteiger partial charge on any atom is -0.329 e. The van der Waals surface area contributed by atoms with Crippen molar-refractivity contribution < 1.29 is 0 Å². The first-order valence-electron chi connectivity index (χ1n) is 5.76. The molecule has 15 heavy (non-hydrogen) atoms. The maximum Gasteiger partial charge on any atom is 0.0162 e. The molecule has 1 atom stereocenters. The van der Waals surface area contributed by atoms with Gasteiger partial charge in [0.1, 0.15) is 0 Å². The topological polar surface area (TPSA) is 38.0 Å². The lowest BCUT2D eigenvalue weighted by molar-refractivity contribution is 0.502. The average Bonchev–Trinajstić information content (AvgIpc) is 3.08. The summed E-state index contributed by atoms with van der Waals surface area (Å²) in [6.07, 6.45) is 2.61. The van der Waals surface area contributed by atoms with E-state index in [-0.39, 0.29) is 0 Å². The standard InChI is InChI=1S/C13H20N2/c1-11(9-14)15-10-13(7-8-13)12-5-3-2-4-6-12/h2-6,11,15H,7-10,14H2,1H3. The number of nitrogens with two attached hydrogens (primary N) is 1. The molecule has 3 N–H and O–H groups in total. The predicted molar refractivity (Wildman–Crippen MR) is 63.9 cm³/mol. The van der Waals surface area contributed by atoms with E-state index in [0.29, 0.717) is 18.0 Å². The van der Waals surface area contributed by atoms with Crippen molar-refractivity contribution in [2.45, 2.75) is 31.2 Å². The van der Waals surface area contributed by atoms with Gasteiger partial charge in [-0.15, -0.1) is 0 Å². The first-order chi connectivity index (χ1) is 7.27. The summed E-state index contributed by atoms with van der Waals surface area (Å²) in [5.74, 6) is 0. The van der Waals surface area contributed by atoms with Crippen LogP contribution in [0.3, 0.4) is 0 Å². The Morgan fingerprint density at radius 2 is 2.00 bits per heavy atom. The first kappa shape index (κ1) is 10.7. The summed E-state index contributed by atoms with van der Waals surface area (Å²) in [5, 5.41) is 3.51. The van der Waals surface area contributed by atoms with Gasteiger partial charge in [-0.3, -0.25) is 0 Å². The normalized spacial score (nSPS) is 19.9. The van der Waals surface area contributed by atoms with E-state index in [4.69, 9.17) is 5.73 Å². The number of nitrogens with one attached hydrogen (secondary N) is 1. The van der Waals surface area contributed by atoms with Gasteiger partial charge in [-0.2, -0.15) is 0 Å². The van der Waals surface area contributed by atoms with Gasteiger partial charge >= 0.3 is 0 Å². The van der Waals surface area contributed by atoms with E-state index in [1.807, 2.05) is 0 Å². The number of benzene rings is 1. The Morgan fingerprint density at radius 1 is 1.33 bits per heavy atom. The third kappa shape index (κ3) is 2.39. The molecule has 0 heterocycles. The van der Waals surface area contributed by atoms with E-state index in [2.05, 4.69) is 42.6 Å². The van der Waals surface area contributed by atoms with Crippen LogP contribution >= 0.6 is 0 Å². The van der Waals surface area contributed by atoms with Crippen LogP contribution in [0.5, 0.6) is 0 Å². The largest absolute Gasteiger partial charge is 0.329 e. The Hall–Kier alpha value is -0.860. The van der Waals surface area contributed by atoms with Crippen LogP contribution in [-0.2, 0) is 5.41 Å². The van der Waals surface area contributed by atoms with Crippen LogP contribution in [0.15, 0.2) is 30.3 Å². The molecule has 0 aromatic heterocycles. The molecule has 2 nitrogen and oxygen atoms in total. The highest BCUT2D eigenvalue weighted by atomic mass is 14.9. The van der Waals surface area contributed by atoms with Crippen LogP contribution in [0.1, 0.15) is 25.3 Å². The van der Waals surface area contributed by atoms with Gasteiger partial charge in [0.25, 0.3) is 0 Å². The molecular formula is C13H20N2. The van der Waals surface area contributed by atoms with Crippen LogP contribution in [0.2, 0.25) is 0 Å². The van der Waals surface area contributed by atoms with Crippen LogP contribution in [0.25, 0.3) is 0 Å². The van der Waals surface area contributed by atoms with Crippen molar-refractivity contribution >= 4 is 0 Å². The van der Waals surface area contributed by atoms with Crippen molar-refractivity contribution in [3.05, 3.63) is 35.9 Å². The van der Waals surface area contributed by atoms with Crippen molar-refractivity contribution in [3.8, 4) is 0 Å². The zero-order valence-electron chi connectivity index (χ0n) is 9.37. The molecule has 1 fully saturated rings. The number of hydrogen-bond donors (Lipinski definition) is 2. The summed E-state index contributed by atoms with van der Waals surface area (Å²) >= 11 is 0. The highest BCUT2D eigenvalue weighted by Crippen LogP contribution is 2.47. The Bertz CT molecular complexity index is 304. The summed E-state index contributed by atoms with van der Waals surface area (Å²) in [6, 6.07) is 11.2. The van der Waals surface area contributed by atoms with Crippen molar-refractivity contribution in [3.63, 3.8) is 0 Å². The maximum absolute atomic E-state index is 5.60. The van der Waals surface area contributed by atoms with E-state index < -0.39 is 0 Å². The zero-order chi connectivity index (χ0) is 10.7. The van der Waals surface area contributed by atoms with E-state index in [9.17, 15) is 0 Å². The Labute approximate surface area is 91.9 Å². The molecule has 1 aliphatic carbocycles. The molecule has 0 aliphatic heterocycles. The van der Waals surface area contributed by atoms with Gasteiger partial charge in [-0.25, -0.2) is 0 Å². The molecule has 1 aromatic carbocycles. The Kier molecular flexibility index (Phi) is 3.08. The Balaban J connectivity index is 1.97. The summed E-state index contributed by atoms with van der Waals surface area (Å²) in [7, 11) is 0. The van der Waals surface area contributed by atoms with Crippen LogP contribution < -0.4 is 11.1 Å². The molecule has 0 bridgehead atoms. The summed E-state index contributed by atoms with van der Waals surface area (Å²) in [5.41, 5.74) is 7.48. The van der Waals surface area contributed by atoms with E-state index in [1.54, 1.807) is 0 Å². The van der Waals surface area contributed by atoms with E-state index in [1.165, 1.54) is 18.4 Å². The summed E-state index contributed by atoms with van der Waals surface area (Å²) < 4.78 is 0. The second-order valence-corrected chi connectivity index (χ2v) is 4.66. The van der Waals surface area contributed by atoms with Crippen molar-refractivity contribution in [1.82, 2.24) is 5.32 Å². The molecule has 1 saturated carbocycles. The minimum absolute atomic E-state index is 0.407. The maximum atomic E-state index is 5.60. The second-order valence-electron chi connectivity index (χ2n) is 4.66. The molecule has 0 radical (unpaired) electrons. The number of hydrogen-bond acceptors (Lipinski definition) is 2. The van der Waals surface area contributed by atoms with Crippen molar-refractivity contribution in [1.29, 1.82) is 0 Å². The predicted octanol–water partition coefficient (Wildman–Crippen LogP) is 1.66. The average molecular weight is 204 g/mol. The van der Waals surface area contributed by atoms with Crippen LogP contribution in [0, 0.1) is 0 Å². The van der Waals surface area contributed by atoms with Crippen LogP contribution in [0.4, 0.5) is 0 Å². The summed E-state index contributed by atoms with van der Waals surface area (Å²) in [6.45, 7) is 3.92. The monoisotopic (exact) mass is 204 g/mol. The van der Waals surface area contributed by atoms with E-state index in [0.717, 1.165) is 6.54 Å². The molecule has 2 heteroatoms. The van der Waals surface area contributed by atoms with Gasteiger partial charge in [0.05, 0.1) is 0 Å². The number of rotatable bonds is 5. The highest BCUT2D eigenvalue weighted by Gasteiger charge is 2.43. The first-order valence-corrected chi connectivity index (χ1v) is 5.76. The minimum atomic E-state index is 0.407. The quantitative estimate of drug-likeness (QED) is 0.765. The molecule has 2 rings (SSSR count). The smallest absolute Gasteiger partial charge is 0.0162 e. The fraction of sp³-hybridized carbons (Fsp3) is 0.538. The molecule has 0 amide bonds. The Morgan fingerprint density at radius 3 is 2.53 bits per heavy atom.